The monoisotopic (exact) mass is 410 g/mol. The molecule has 0 aliphatic heterocycles. The lowest BCUT2D eigenvalue weighted by atomic mass is 10.2. The molecule has 0 saturated carbocycles. The minimum Gasteiger partial charge on any atom is -0.465 e. The predicted octanol–water partition coefficient (Wildman–Crippen LogP) is 3.01. The zero-order valence-corrected chi connectivity index (χ0v) is 15.7. The van der Waals surface area contributed by atoms with Crippen LogP contribution in [0.2, 0.25) is 0 Å². The van der Waals surface area contributed by atoms with Gasteiger partial charge in [-0.15, -0.1) is 16.4 Å². The summed E-state index contributed by atoms with van der Waals surface area (Å²) in [6, 6.07) is 0.973. The topological polar surface area (TPSA) is 87.2 Å². The quantitative estimate of drug-likeness (QED) is 0.483. The van der Waals surface area contributed by atoms with E-state index in [-0.39, 0.29) is 12.4 Å². The Kier molecular flexibility index (Phi) is 4.10. The summed E-state index contributed by atoms with van der Waals surface area (Å²) in [6.07, 6.45) is -3.07. The largest absolute Gasteiger partial charge is 0.465 e. The summed E-state index contributed by atoms with van der Waals surface area (Å²) in [5.74, 6) is -0.190. The fraction of sp³-hybridized carbons (Fsp3) is 0.312. The fourth-order valence-corrected chi connectivity index (χ4v) is 3.94. The molecule has 0 fully saturated rings. The third kappa shape index (κ3) is 2.89. The fourth-order valence-electron chi connectivity index (χ4n) is 2.88. The second-order valence-electron chi connectivity index (χ2n) is 6.10. The lowest BCUT2D eigenvalue weighted by Gasteiger charge is -2.01. The molecule has 12 heteroatoms. The van der Waals surface area contributed by atoms with Crippen molar-refractivity contribution in [3.63, 3.8) is 0 Å². The van der Waals surface area contributed by atoms with E-state index in [9.17, 15) is 18.0 Å². The number of ether oxygens (including phenoxy) is 1. The second kappa shape index (κ2) is 6.26. The number of carbonyl (C=O) groups excluding carboxylic acids is 1. The van der Waals surface area contributed by atoms with Crippen molar-refractivity contribution in [2.24, 2.45) is 0 Å². The standard InChI is InChI=1S/C16H13F3N6O2S/c1-7-4-9(16(17,18)19)22-24(7)5-10-21-13-11-8(2)12(15(26)27-3)28-14(11)20-6-25(13)23-10/h4,6H,5H2,1-3H3. The Balaban J connectivity index is 1.78. The van der Waals surface area contributed by atoms with Crippen LogP contribution in [0.4, 0.5) is 13.2 Å². The molecule has 0 bridgehead atoms. The molecule has 0 aromatic carbocycles. The Labute approximate surface area is 159 Å². The van der Waals surface area contributed by atoms with Crippen LogP contribution < -0.4 is 0 Å². The maximum absolute atomic E-state index is 12.8. The van der Waals surface area contributed by atoms with Gasteiger partial charge in [0.2, 0.25) is 0 Å². The summed E-state index contributed by atoms with van der Waals surface area (Å²) in [7, 11) is 1.30. The van der Waals surface area contributed by atoms with Crippen molar-refractivity contribution in [1.29, 1.82) is 0 Å². The van der Waals surface area contributed by atoms with Crippen LogP contribution in [0, 0.1) is 13.8 Å². The molecule has 0 amide bonds. The minimum atomic E-state index is -4.52. The zero-order chi connectivity index (χ0) is 20.2. The lowest BCUT2D eigenvalue weighted by molar-refractivity contribution is -0.141. The number of aryl methyl sites for hydroxylation is 2. The van der Waals surface area contributed by atoms with E-state index >= 15 is 0 Å². The van der Waals surface area contributed by atoms with Gasteiger partial charge in [-0.1, -0.05) is 0 Å². The SMILES string of the molecule is COC(=O)c1sc2ncn3nc(Cn4nc(C(F)(F)F)cc4C)nc3c2c1C. The zero-order valence-electron chi connectivity index (χ0n) is 14.9. The Bertz CT molecular complexity index is 1220. The van der Waals surface area contributed by atoms with Gasteiger partial charge in [0, 0.05) is 5.69 Å². The first-order valence-corrected chi connectivity index (χ1v) is 8.84. The summed E-state index contributed by atoms with van der Waals surface area (Å²) in [4.78, 5) is 21.6. The third-order valence-electron chi connectivity index (χ3n) is 4.24. The average molecular weight is 410 g/mol. The maximum atomic E-state index is 12.8. The summed E-state index contributed by atoms with van der Waals surface area (Å²) in [5.41, 5.74) is 0.506. The molecule has 28 heavy (non-hydrogen) atoms. The van der Waals surface area contributed by atoms with E-state index in [4.69, 9.17) is 4.74 Å². The van der Waals surface area contributed by atoms with E-state index in [1.807, 2.05) is 0 Å². The molecule has 0 N–H and O–H groups in total. The number of carbonyl (C=O) groups is 1. The van der Waals surface area contributed by atoms with Gasteiger partial charge in [0.25, 0.3) is 0 Å². The van der Waals surface area contributed by atoms with Gasteiger partial charge >= 0.3 is 12.1 Å². The van der Waals surface area contributed by atoms with Gasteiger partial charge in [-0.2, -0.15) is 18.3 Å². The highest BCUT2D eigenvalue weighted by Crippen LogP contribution is 2.32. The van der Waals surface area contributed by atoms with Crippen molar-refractivity contribution in [2.75, 3.05) is 7.11 Å². The minimum absolute atomic E-state index is 0.0296. The summed E-state index contributed by atoms with van der Waals surface area (Å²) in [5, 5.41) is 8.52. The average Bonchev–Trinajstić information content (AvgIpc) is 3.29. The van der Waals surface area contributed by atoms with Crippen molar-refractivity contribution in [2.45, 2.75) is 26.6 Å². The smallest absolute Gasteiger partial charge is 0.435 e. The van der Waals surface area contributed by atoms with Crippen molar-refractivity contribution in [3.05, 3.63) is 40.0 Å². The Morgan fingerprint density at radius 3 is 2.68 bits per heavy atom. The Morgan fingerprint density at radius 2 is 2.04 bits per heavy atom. The Morgan fingerprint density at radius 1 is 1.29 bits per heavy atom. The number of nitrogens with zero attached hydrogens (tertiary/aromatic N) is 6. The van der Waals surface area contributed by atoms with Gasteiger partial charge in [-0.3, -0.25) is 4.68 Å². The molecule has 8 nitrogen and oxygen atoms in total. The first kappa shape index (κ1) is 18.3. The molecule has 0 saturated heterocycles. The molecule has 0 unspecified atom stereocenters. The van der Waals surface area contributed by atoms with Crippen LogP contribution >= 0.6 is 11.3 Å². The highest BCUT2D eigenvalue weighted by Gasteiger charge is 2.34. The van der Waals surface area contributed by atoms with Gasteiger partial charge in [-0.05, 0) is 25.5 Å². The maximum Gasteiger partial charge on any atom is 0.435 e. The summed E-state index contributed by atoms with van der Waals surface area (Å²) in [6.45, 7) is 3.26. The van der Waals surface area contributed by atoms with Gasteiger partial charge in [-0.25, -0.2) is 19.3 Å². The van der Waals surface area contributed by atoms with Crippen LogP contribution in [-0.2, 0) is 17.5 Å². The molecule has 0 atom stereocenters. The van der Waals surface area contributed by atoms with E-state index in [0.717, 1.165) is 6.07 Å². The number of rotatable bonds is 3. The number of hydrogen-bond donors (Lipinski definition) is 0. The van der Waals surface area contributed by atoms with Crippen LogP contribution in [0.25, 0.3) is 15.9 Å². The normalized spacial score (nSPS) is 12.2. The van der Waals surface area contributed by atoms with Crippen LogP contribution in [0.3, 0.4) is 0 Å². The molecule has 0 aliphatic rings. The van der Waals surface area contributed by atoms with Crippen LogP contribution in [0.5, 0.6) is 0 Å². The number of thiophene rings is 1. The number of fused-ring (bicyclic) bond motifs is 3. The lowest BCUT2D eigenvalue weighted by Crippen LogP contribution is -2.09. The molecule has 146 valence electrons. The Hall–Kier alpha value is -3.02. The van der Waals surface area contributed by atoms with Crippen molar-refractivity contribution >= 4 is 33.2 Å². The molecular weight excluding hydrogens is 397 g/mol. The number of alkyl halides is 3. The highest BCUT2D eigenvalue weighted by molar-refractivity contribution is 7.20. The number of methoxy groups -OCH3 is 1. The van der Waals surface area contributed by atoms with Gasteiger partial charge in [0.1, 0.15) is 22.6 Å². The van der Waals surface area contributed by atoms with Gasteiger partial charge in [0.15, 0.2) is 17.2 Å². The highest BCUT2D eigenvalue weighted by atomic mass is 32.1. The molecule has 4 aromatic rings. The van der Waals surface area contributed by atoms with Crippen molar-refractivity contribution in [1.82, 2.24) is 29.4 Å². The van der Waals surface area contributed by atoms with E-state index in [2.05, 4.69) is 20.2 Å². The molecule has 4 heterocycles. The molecule has 0 spiro atoms. The van der Waals surface area contributed by atoms with Crippen LogP contribution in [-0.4, -0.2) is 42.4 Å². The molecular formula is C16H13F3N6O2S. The summed E-state index contributed by atoms with van der Waals surface area (Å²) >= 11 is 1.18. The van der Waals surface area contributed by atoms with Gasteiger partial charge < -0.3 is 4.74 Å². The molecule has 4 rings (SSSR count). The third-order valence-corrected chi connectivity index (χ3v) is 5.42. The molecule has 4 aromatic heterocycles. The number of hydrogen-bond acceptors (Lipinski definition) is 7. The van der Waals surface area contributed by atoms with Crippen LogP contribution in [0.15, 0.2) is 12.4 Å². The van der Waals surface area contributed by atoms with Gasteiger partial charge in [0.05, 0.1) is 12.5 Å². The van der Waals surface area contributed by atoms with Crippen molar-refractivity contribution < 1.29 is 22.7 Å². The van der Waals surface area contributed by atoms with E-state index in [1.165, 1.54) is 40.9 Å². The molecule has 0 aliphatic carbocycles. The predicted molar refractivity (Wildman–Crippen MR) is 93.3 cm³/mol. The molecule has 0 radical (unpaired) electrons. The van der Waals surface area contributed by atoms with Crippen LogP contribution in [0.1, 0.15) is 32.4 Å². The first-order valence-electron chi connectivity index (χ1n) is 8.02. The number of esters is 1. The second-order valence-corrected chi connectivity index (χ2v) is 7.09. The van der Waals surface area contributed by atoms with E-state index < -0.39 is 17.8 Å². The first-order chi connectivity index (χ1) is 13.2. The van der Waals surface area contributed by atoms with E-state index in [0.29, 0.717) is 32.0 Å². The summed E-state index contributed by atoms with van der Waals surface area (Å²) < 4.78 is 46.0. The van der Waals surface area contributed by atoms with E-state index in [1.54, 1.807) is 6.92 Å². The number of halogens is 3. The number of aromatic nitrogens is 6. The van der Waals surface area contributed by atoms with Crippen molar-refractivity contribution in [3.8, 4) is 0 Å².